The largest absolute Gasteiger partial charge is 0.481 e. The van der Waals surface area contributed by atoms with Gasteiger partial charge in [-0.15, -0.1) is 0 Å². The summed E-state index contributed by atoms with van der Waals surface area (Å²) in [6.07, 6.45) is -0.200. The zero-order chi connectivity index (χ0) is 12.7. The molecule has 0 aromatic heterocycles. The molecule has 1 aromatic rings. The summed E-state index contributed by atoms with van der Waals surface area (Å²) in [6.45, 7) is 2.00. The fourth-order valence-electron chi connectivity index (χ4n) is 1.23. The fourth-order valence-corrected chi connectivity index (χ4v) is 1.23. The van der Waals surface area contributed by atoms with Crippen LogP contribution in [0.2, 0.25) is 0 Å². The standard InChI is InChI=1S/C12H16FNO3/c1-9(12(16)14-6-3-7-15)17-11-5-2-4-10(13)8-11/h2,4-5,8-9,15H,3,6-7H2,1H3,(H,14,16). The van der Waals surface area contributed by atoms with Crippen molar-refractivity contribution in [2.24, 2.45) is 0 Å². The monoisotopic (exact) mass is 241 g/mol. The van der Waals surface area contributed by atoms with Crippen LogP contribution in [0.15, 0.2) is 24.3 Å². The normalized spacial score (nSPS) is 11.9. The predicted molar refractivity (Wildman–Crippen MR) is 61.2 cm³/mol. The van der Waals surface area contributed by atoms with E-state index in [-0.39, 0.29) is 12.5 Å². The van der Waals surface area contributed by atoms with E-state index in [0.717, 1.165) is 0 Å². The van der Waals surface area contributed by atoms with Crippen LogP contribution in [0.1, 0.15) is 13.3 Å². The Balaban J connectivity index is 2.43. The van der Waals surface area contributed by atoms with Crippen molar-refractivity contribution in [2.45, 2.75) is 19.4 Å². The average Bonchev–Trinajstić information content (AvgIpc) is 2.29. The van der Waals surface area contributed by atoms with Crippen LogP contribution in [-0.4, -0.2) is 30.3 Å². The van der Waals surface area contributed by atoms with E-state index in [1.54, 1.807) is 13.0 Å². The summed E-state index contributed by atoms with van der Waals surface area (Å²) in [7, 11) is 0. The summed E-state index contributed by atoms with van der Waals surface area (Å²) in [5.74, 6) is -0.382. The first-order valence-corrected chi connectivity index (χ1v) is 5.44. The van der Waals surface area contributed by atoms with E-state index in [2.05, 4.69) is 5.32 Å². The molecule has 0 fully saturated rings. The van der Waals surface area contributed by atoms with Gasteiger partial charge in [0, 0.05) is 19.2 Å². The van der Waals surface area contributed by atoms with Crippen molar-refractivity contribution >= 4 is 5.91 Å². The number of carbonyl (C=O) groups excluding carboxylic acids is 1. The zero-order valence-electron chi connectivity index (χ0n) is 9.65. The van der Waals surface area contributed by atoms with Crippen molar-refractivity contribution in [1.82, 2.24) is 5.32 Å². The van der Waals surface area contributed by atoms with Gasteiger partial charge in [0.1, 0.15) is 11.6 Å². The van der Waals surface area contributed by atoms with Gasteiger partial charge in [-0.3, -0.25) is 4.79 Å². The van der Waals surface area contributed by atoms with Crippen molar-refractivity contribution in [3.05, 3.63) is 30.1 Å². The molecule has 0 saturated heterocycles. The molecule has 1 amide bonds. The number of halogens is 1. The molecule has 0 aliphatic carbocycles. The SMILES string of the molecule is CC(Oc1cccc(F)c1)C(=O)NCCCO. The van der Waals surface area contributed by atoms with Gasteiger partial charge in [0.05, 0.1) is 0 Å². The Hall–Kier alpha value is -1.62. The molecule has 0 aliphatic rings. The highest BCUT2D eigenvalue weighted by Gasteiger charge is 2.13. The summed E-state index contributed by atoms with van der Waals surface area (Å²) in [6, 6.07) is 5.62. The van der Waals surface area contributed by atoms with Crippen LogP contribution >= 0.6 is 0 Å². The van der Waals surface area contributed by atoms with Crippen LogP contribution in [-0.2, 0) is 4.79 Å². The molecule has 0 spiro atoms. The highest BCUT2D eigenvalue weighted by molar-refractivity contribution is 5.80. The Morgan fingerprint density at radius 2 is 2.35 bits per heavy atom. The van der Waals surface area contributed by atoms with E-state index < -0.39 is 11.9 Å². The Bertz CT molecular complexity index is 371. The molecule has 5 heteroatoms. The Labute approximate surface area is 99.4 Å². The highest BCUT2D eigenvalue weighted by atomic mass is 19.1. The molecular formula is C12H16FNO3. The van der Waals surface area contributed by atoms with Crippen LogP contribution < -0.4 is 10.1 Å². The Morgan fingerprint density at radius 1 is 1.59 bits per heavy atom. The van der Waals surface area contributed by atoms with E-state index in [1.165, 1.54) is 18.2 Å². The van der Waals surface area contributed by atoms with Gasteiger partial charge < -0.3 is 15.2 Å². The number of ether oxygens (including phenoxy) is 1. The summed E-state index contributed by atoms with van der Waals surface area (Å²) >= 11 is 0. The number of nitrogens with one attached hydrogen (secondary N) is 1. The number of hydrogen-bond acceptors (Lipinski definition) is 3. The van der Waals surface area contributed by atoms with E-state index in [1.807, 2.05) is 0 Å². The molecule has 1 atom stereocenters. The van der Waals surface area contributed by atoms with Gasteiger partial charge in [-0.1, -0.05) is 6.07 Å². The third kappa shape index (κ3) is 4.82. The zero-order valence-corrected chi connectivity index (χ0v) is 9.65. The van der Waals surface area contributed by atoms with Crippen LogP contribution in [0.4, 0.5) is 4.39 Å². The summed E-state index contributed by atoms with van der Waals surface area (Å²) in [4.78, 5) is 11.5. The number of hydrogen-bond donors (Lipinski definition) is 2. The lowest BCUT2D eigenvalue weighted by atomic mass is 10.3. The molecule has 94 valence electrons. The van der Waals surface area contributed by atoms with E-state index in [4.69, 9.17) is 9.84 Å². The molecule has 0 aliphatic heterocycles. The van der Waals surface area contributed by atoms with Gasteiger partial charge in [-0.2, -0.15) is 0 Å². The summed E-state index contributed by atoms with van der Waals surface area (Å²) in [5, 5.41) is 11.2. The minimum absolute atomic E-state index is 0.0272. The first-order valence-electron chi connectivity index (χ1n) is 5.44. The number of rotatable bonds is 6. The van der Waals surface area contributed by atoms with E-state index in [0.29, 0.717) is 18.7 Å². The van der Waals surface area contributed by atoms with Gasteiger partial charge >= 0.3 is 0 Å². The van der Waals surface area contributed by atoms with Gasteiger partial charge in [0.25, 0.3) is 5.91 Å². The number of carbonyl (C=O) groups is 1. The van der Waals surface area contributed by atoms with E-state index in [9.17, 15) is 9.18 Å². The number of aliphatic hydroxyl groups excluding tert-OH is 1. The van der Waals surface area contributed by atoms with Gasteiger partial charge in [-0.25, -0.2) is 4.39 Å². The smallest absolute Gasteiger partial charge is 0.260 e. The van der Waals surface area contributed by atoms with Gasteiger partial charge in [-0.05, 0) is 25.5 Å². The number of benzene rings is 1. The maximum absolute atomic E-state index is 12.9. The quantitative estimate of drug-likeness (QED) is 0.733. The molecule has 17 heavy (non-hydrogen) atoms. The first kappa shape index (κ1) is 13.4. The fraction of sp³-hybridized carbons (Fsp3) is 0.417. The van der Waals surface area contributed by atoms with Crippen molar-refractivity contribution in [3.63, 3.8) is 0 Å². The molecule has 1 rings (SSSR count). The lowest BCUT2D eigenvalue weighted by Gasteiger charge is -2.14. The van der Waals surface area contributed by atoms with Crippen LogP contribution in [0.3, 0.4) is 0 Å². The second kappa shape index (κ2) is 6.85. The molecular weight excluding hydrogens is 225 g/mol. The van der Waals surface area contributed by atoms with Crippen molar-refractivity contribution in [3.8, 4) is 5.75 Å². The molecule has 0 heterocycles. The summed E-state index contributed by atoms with van der Waals surface area (Å²) in [5.41, 5.74) is 0. The first-order chi connectivity index (χ1) is 8.13. The number of aliphatic hydroxyl groups is 1. The molecule has 0 bridgehead atoms. The maximum Gasteiger partial charge on any atom is 0.260 e. The topological polar surface area (TPSA) is 58.6 Å². The van der Waals surface area contributed by atoms with E-state index >= 15 is 0 Å². The van der Waals surface area contributed by atoms with Crippen LogP contribution in [0, 0.1) is 5.82 Å². The minimum atomic E-state index is -0.699. The lowest BCUT2D eigenvalue weighted by molar-refractivity contribution is -0.127. The van der Waals surface area contributed by atoms with Crippen LogP contribution in [0.25, 0.3) is 0 Å². The molecule has 4 nitrogen and oxygen atoms in total. The average molecular weight is 241 g/mol. The molecule has 0 saturated carbocycles. The molecule has 1 aromatic carbocycles. The minimum Gasteiger partial charge on any atom is -0.481 e. The Kier molecular flexibility index (Phi) is 5.42. The third-order valence-electron chi connectivity index (χ3n) is 2.11. The van der Waals surface area contributed by atoms with Gasteiger partial charge in [0.15, 0.2) is 6.10 Å². The van der Waals surface area contributed by atoms with Gasteiger partial charge in [0.2, 0.25) is 0 Å². The lowest BCUT2D eigenvalue weighted by Crippen LogP contribution is -2.37. The predicted octanol–water partition coefficient (Wildman–Crippen LogP) is 1.09. The number of amides is 1. The van der Waals surface area contributed by atoms with Crippen molar-refractivity contribution in [1.29, 1.82) is 0 Å². The second-order valence-corrected chi connectivity index (χ2v) is 3.59. The van der Waals surface area contributed by atoms with Crippen LogP contribution in [0.5, 0.6) is 5.75 Å². The van der Waals surface area contributed by atoms with Crippen molar-refractivity contribution in [2.75, 3.05) is 13.2 Å². The highest BCUT2D eigenvalue weighted by Crippen LogP contribution is 2.13. The third-order valence-corrected chi connectivity index (χ3v) is 2.11. The Morgan fingerprint density at radius 3 is 3.00 bits per heavy atom. The molecule has 1 unspecified atom stereocenters. The molecule has 0 radical (unpaired) electrons. The molecule has 2 N–H and O–H groups in total. The second-order valence-electron chi connectivity index (χ2n) is 3.59. The summed E-state index contributed by atoms with van der Waals surface area (Å²) < 4.78 is 18.1. The van der Waals surface area contributed by atoms with Crippen molar-refractivity contribution < 1.29 is 19.0 Å². The maximum atomic E-state index is 12.9.